The van der Waals surface area contributed by atoms with E-state index in [9.17, 15) is 5.48 Å². The summed E-state index contributed by atoms with van der Waals surface area (Å²) in [4.78, 5) is 6.53. The molecule has 0 amide bonds. The second-order valence-corrected chi connectivity index (χ2v) is 15.8. The van der Waals surface area contributed by atoms with Gasteiger partial charge in [-0.2, -0.15) is 0 Å². The molecule has 0 unspecified atom stereocenters. The van der Waals surface area contributed by atoms with Crippen LogP contribution in [0.5, 0.6) is 0 Å². The van der Waals surface area contributed by atoms with Crippen molar-refractivity contribution in [2.24, 2.45) is 0 Å². The summed E-state index contributed by atoms with van der Waals surface area (Å²) in [5.74, 6) is 0.542. The SMILES string of the molecule is [2H]c1c([2H])c([2H])c(-c2c([2H])c([2H])c(N(c3ccccc3)c3ccc(-c4c(-c5ccc(-c6nc7ccccc7o6)c6ccccc56)ccc5c4sc4ccc6ccccc6c45)cc3)c([2H])c2[2H])c([2H])c1[2H]. The van der Waals surface area contributed by atoms with Crippen LogP contribution >= 0.6 is 11.3 Å². The number of fused-ring (bicyclic) bond motifs is 7. The molecule has 2 heterocycles. The van der Waals surface area contributed by atoms with Gasteiger partial charge in [-0.25, -0.2) is 4.98 Å². The van der Waals surface area contributed by atoms with E-state index in [2.05, 4.69) is 72.8 Å². The topological polar surface area (TPSA) is 29.3 Å². The molecule has 0 bridgehead atoms. The number of benzene rings is 10. The van der Waals surface area contributed by atoms with E-state index in [-0.39, 0.29) is 11.3 Å². The molecule has 61 heavy (non-hydrogen) atoms. The lowest BCUT2D eigenvalue weighted by molar-refractivity contribution is 0.620. The number of oxazole rings is 1. The Morgan fingerprint density at radius 2 is 1.11 bits per heavy atom. The third-order valence-electron chi connectivity index (χ3n) is 11.3. The summed E-state index contributed by atoms with van der Waals surface area (Å²) in [5, 5.41) is 6.65. The van der Waals surface area contributed by atoms with Crippen molar-refractivity contribution < 1.29 is 16.8 Å². The third kappa shape index (κ3) is 5.99. The molecule has 286 valence electrons. The fourth-order valence-electron chi connectivity index (χ4n) is 8.51. The second-order valence-electron chi connectivity index (χ2n) is 14.8. The normalized spacial score (nSPS) is 13.7. The summed E-state index contributed by atoms with van der Waals surface area (Å²) in [6.45, 7) is 0. The largest absolute Gasteiger partial charge is 0.436 e. The molecule has 0 saturated heterocycles. The number of thiophene rings is 1. The number of aromatic nitrogens is 1. The van der Waals surface area contributed by atoms with Crippen molar-refractivity contribution in [3.8, 4) is 44.8 Å². The molecule has 0 N–H and O–H groups in total. The van der Waals surface area contributed by atoms with Crippen LogP contribution in [-0.4, -0.2) is 4.98 Å². The van der Waals surface area contributed by atoms with Gasteiger partial charge in [-0.3, -0.25) is 0 Å². The molecule has 12 rings (SSSR count). The zero-order chi connectivity index (χ0) is 48.1. The first-order valence-electron chi connectivity index (χ1n) is 24.4. The molecule has 0 aliphatic rings. The maximum absolute atomic E-state index is 9.41. The van der Waals surface area contributed by atoms with Crippen molar-refractivity contribution in [2.45, 2.75) is 0 Å². The molecule has 0 fully saturated rings. The Bertz CT molecular complexity index is 4040. The van der Waals surface area contributed by atoms with Crippen LogP contribution in [0, 0.1) is 0 Å². The van der Waals surface area contributed by atoms with Crippen LogP contribution in [0.3, 0.4) is 0 Å². The van der Waals surface area contributed by atoms with Crippen LogP contribution in [0.2, 0.25) is 0 Å². The van der Waals surface area contributed by atoms with Crippen molar-refractivity contribution in [2.75, 3.05) is 4.90 Å². The first-order chi connectivity index (χ1) is 34.0. The fraction of sp³-hybridized carbons (Fsp3) is 0. The van der Waals surface area contributed by atoms with Gasteiger partial charge in [0.1, 0.15) is 5.52 Å². The quantitative estimate of drug-likeness (QED) is 0.161. The zero-order valence-electron chi connectivity index (χ0n) is 41.3. The lowest BCUT2D eigenvalue weighted by atomic mass is 9.88. The number of nitrogens with zero attached hydrogens (tertiary/aromatic N) is 2. The van der Waals surface area contributed by atoms with Gasteiger partial charge >= 0.3 is 0 Å². The van der Waals surface area contributed by atoms with Crippen LogP contribution in [0.25, 0.3) is 97.7 Å². The molecule has 4 heteroatoms. The molecule has 0 radical (unpaired) electrons. The highest BCUT2D eigenvalue weighted by molar-refractivity contribution is 7.26. The minimum absolute atomic E-state index is 0.0604. The van der Waals surface area contributed by atoms with Crippen molar-refractivity contribution >= 4 is 81.2 Å². The fourth-order valence-corrected chi connectivity index (χ4v) is 9.80. The number of hydrogen-bond donors (Lipinski definition) is 0. The Morgan fingerprint density at radius 3 is 1.92 bits per heavy atom. The molecular weight excluding hydrogens is 761 g/mol. The Hall–Kier alpha value is -7.79. The highest BCUT2D eigenvalue weighted by atomic mass is 32.1. The van der Waals surface area contributed by atoms with E-state index >= 15 is 0 Å². The molecule has 3 nitrogen and oxygen atoms in total. The van der Waals surface area contributed by atoms with E-state index in [0.29, 0.717) is 22.8 Å². The average Bonchev–Trinajstić information content (AvgIpc) is 4.01. The molecule has 0 saturated carbocycles. The molecule has 10 aromatic carbocycles. The second kappa shape index (κ2) is 14.5. The van der Waals surface area contributed by atoms with E-state index in [0.717, 1.165) is 64.3 Å². The smallest absolute Gasteiger partial charge is 0.227 e. The van der Waals surface area contributed by atoms with Crippen molar-refractivity contribution in [1.29, 1.82) is 0 Å². The predicted molar refractivity (Wildman–Crippen MR) is 258 cm³/mol. The lowest BCUT2D eigenvalue weighted by Gasteiger charge is -2.26. The van der Waals surface area contributed by atoms with Crippen LogP contribution in [0.4, 0.5) is 17.1 Å². The van der Waals surface area contributed by atoms with Gasteiger partial charge in [0, 0.05) is 48.4 Å². The predicted octanol–water partition coefficient (Wildman–Crippen LogP) is 16.6. The summed E-state index contributed by atoms with van der Waals surface area (Å²) in [6, 6.07) is 49.5. The molecule has 0 atom stereocenters. The van der Waals surface area contributed by atoms with Gasteiger partial charge in [0.05, 0.1) is 12.3 Å². The van der Waals surface area contributed by atoms with Gasteiger partial charge in [0.25, 0.3) is 0 Å². The van der Waals surface area contributed by atoms with Crippen molar-refractivity contribution in [3.63, 3.8) is 0 Å². The zero-order valence-corrected chi connectivity index (χ0v) is 33.1. The van der Waals surface area contributed by atoms with Crippen LogP contribution in [0.15, 0.2) is 223 Å². The van der Waals surface area contributed by atoms with Gasteiger partial charge < -0.3 is 9.32 Å². The van der Waals surface area contributed by atoms with E-state index in [1.54, 1.807) is 16.2 Å². The summed E-state index contributed by atoms with van der Waals surface area (Å²) in [6.07, 6.45) is 0. The molecule has 2 aromatic heterocycles. The summed E-state index contributed by atoms with van der Waals surface area (Å²) >= 11 is 1.74. The molecule has 0 aliphatic heterocycles. The van der Waals surface area contributed by atoms with Gasteiger partial charge in [0.15, 0.2) is 5.58 Å². The van der Waals surface area contributed by atoms with Gasteiger partial charge in [0.2, 0.25) is 5.89 Å². The minimum Gasteiger partial charge on any atom is -0.436 e. The van der Waals surface area contributed by atoms with Crippen LogP contribution in [-0.2, 0) is 0 Å². The standard InChI is InChI=1S/C57H36N2OS/c1-3-13-37(14-4-1)38-23-28-42(29-24-38)59(41-16-5-2-6-17-41)43-30-25-40(26-31-43)54-48(33-35-50-55-44-18-8-7-15-39(44)27-36-53(55)61-56(50)54)47-32-34-49(46-20-10-9-19-45(46)47)57-58-51-21-11-12-22-52(51)60-57/h1-36H/i1D,3D,4D,13D,14D,23D,24D,28D,29D. The lowest BCUT2D eigenvalue weighted by Crippen LogP contribution is -2.09. The van der Waals surface area contributed by atoms with Gasteiger partial charge in [-0.15, -0.1) is 11.3 Å². The number of rotatable bonds is 7. The first-order valence-corrected chi connectivity index (χ1v) is 20.7. The Labute approximate surface area is 369 Å². The van der Waals surface area contributed by atoms with Gasteiger partial charge in [-0.05, 0) is 110 Å². The third-order valence-corrected chi connectivity index (χ3v) is 12.5. The monoisotopic (exact) mass is 805 g/mol. The van der Waals surface area contributed by atoms with E-state index in [1.165, 1.54) is 10.8 Å². The van der Waals surface area contributed by atoms with Crippen molar-refractivity contribution in [3.05, 3.63) is 218 Å². The van der Waals surface area contributed by atoms with E-state index < -0.39 is 59.9 Å². The maximum Gasteiger partial charge on any atom is 0.227 e. The average molecular weight is 806 g/mol. The summed E-state index contributed by atoms with van der Waals surface area (Å²) in [5.41, 5.74) is 6.65. The first kappa shape index (κ1) is 27.1. The van der Waals surface area contributed by atoms with Gasteiger partial charge in [-0.1, -0.05) is 158 Å². The van der Waals surface area contributed by atoms with E-state index in [1.807, 2.05) is 91.0 Å². The number of hydrogen-bond acceptors (Lipinski definition) is 4. The van der Waals surface area contributed by atoms with Crippen LogP contribution in [0.1, 0.15) is 12.3 Å². The minimum atomic E-state index is -0.629. The highest BCUT2D eigenvalue weighted by Gasteiger charge is 2.21. The number of anilines is 3. The summed E-state index contributed by atoms with van der Waals surface area (Å²) < 4.78 is 87.7. The van der Waals surface area contributed by atoms with Crippen LogP contribution < -0.4 is 4.90 Å². The van der Waals surface area contributed by atoms with Crippen molar-refractivity contribution in [1.82, 2.24) is 4.98 Å². The van der Waals surface area contributed by atoms with E-state index in [4.69, 9.17) is 16.3 Å². The Morgan fingerprint density at radius 1 is 0.459 bits per heavy atom. The molecule has 12 aromatic rings. The molecule has 0 spiro atoms. The Kier molecular flexibility index (Phi) is 6.43. The maximum atomic E-state index is 9.41. The molecule has 0 aliphatic carbocycles. The Balaban J connectivity index is 1.07. The number of para-hydroxylation sites is 3. The molecular formula is C57H36N2OS. The summed E-state index contributed by atoms with van der Waals surface area (Å²) in [7, 11) is 0. The highest BCUT2D eigenvalue weighted by Crippen LogP contribution is 2.49.